The Kier molecular flexibility index (Phi) is 4.06. The van der Waals surface area contributed by atoms with Crippen LogP contribution >= 0.6 is 0 Å². The maximum Gasteiger partial charge on any atom is 0.132 e. The van der Waals surface area contributed by atoms with Gasteiger partial charge in [0.15, 0.2) is 0 Å². The second-order valence-corrected chi connectivity index (χ2v) is 7.31. The molecular formula is C17H28O. The molecule has 3 saturated carbocycles. The highest BCUT2D eigenvalue weighted by Crippen LogP contribution is 2.43. The smallest absolute Gasteiger partial charge is 0.132 e. The summed E-state index contributed by atoms with van der Waals surface area (Å²) in [6.07, 6.45) is 15.9. The third-order valence-electron chi connectivity index (χ3n) is 5.80. The van der Waals surface area contributed by atoms with Gasteiger partial charge >= 0.3 is 0 Å². The quantitative estimate of drug-likeness (QED) is 0.605. The fourth-order valence-electron chi connectivity index (χ4n) is 4.93. The van der Waals surface area contributed by atoms with Gasteiger partial charge in [-0.2, -0.15) is 0 Å². The summed E-state index contributed by atoms with van der Waals surface area (Å²) in [4.78, 5) is 11.8. The second-order valence-electron chi connectivity index (χ2n) is 7.31. The van der Waals surface area contributed by atoms with Crippen LogP contribution in [0.2, 0.25) is 0 Å². The van der Waals surface area contributed by atoms with E-state index in [9.17, 15) is 4.79 Å². The Hall–Kier alpha value is -0.330. The van der Waals surface area contributed by atoms with Crippen LogP contribution in [0.25, 0.3) is 0 Å². The van der Waals surface area contributed by atoms with Crippen molar-refractivity contribution < 1.29 is 4.79 Å². The summed E-state index contributed by atoms with van der Waals surface area (Å²) in [5, 5.41) is 0. The molecule has 0 aromatic rings. The summed E-state index contributed by atoms with van der Waals surface area (Å²) in [7, 11) is 0. The minimum Gasteiger partial charge on any atom is -0.300 e. The highest BCUT2D eigenvalue weighted by Gasteiger charge is 2.31. The van der Waals surface area contributed by atoms with Crippen LogP contribution in [-0.4, -0.2) is 5.78 Å². The van der Waals surface area contributed by atoms with Gasteiger partial charge in [0.1, 0.15) is 5.78 Å². The number of hydrogen-bond acceptors (Lipinski definition) is 1. The predicted molar refractivity (Wildman–Crippen MR) is 74.4 cm³/mol. The maximum absolute atomic E-state index is 11.8. The van der Waals surface area contributed by atoms with E-state index in [1.54, 1.807) is 0 Å². The molecule has 0 heterocycles. The lowest BCUT2D eigenvalue weighted by Crippen LogP contribution is -2.24. The molecule has 0 spiro atoms. The van der Waals surface area contributed by atoms with Gasteiger partial charge in [0.05, 0.1) is 0 Å². The summed E-state index contributed by atoms with van der Waals surface area (Å²) in [5.74, 6) is 4.30. The number of ketones is 1. The zero-order chi connectivity index (χ0) is 12.4. The lowest BCUT2D eigenvalue weighted by Gasteiger charge is -2.34. The van der Waals surface area contributed by atoms with Crippen molar-refractivity contribution in [3.63, 3.8) is 0 Å². The van der Waals surface area contributed by atoms with Crippen molar-refractivity contribution in [1.82, 2.24) is 0 Å². The molecule has 1 nitrogen and oxygen atoms in total. The van der Waals surface area contributed by atoms with E-state index in [0.717, 1.165) is 36.5 Å². The van der Waals surface area contributed by atoms with Gasteiger partial charge in [-0.15, -0.1) is 0 Å². The van der Waals surface area contributed by atoms with Gasteiger partial charge < -0.3 is 0 Å². The molecule has 3 aliphatic carbocycles. The van der Waals surface area contributed by atoms with Crippen LogP contribution in [0.3, 0.4) is 0 Å². The molecule has 0 aliphatic heterocycles. The summed E-state index contributed by atoms with van der Waals surface area (Å²) in [5.41, 5.74) is 0. The largest absolute Gasteiger partial charge is 0.300 e. The normalized spacial score (nSPS) is 42.1. The number of fused-ring (bicyclic) bond motifs is 4. The number of rotatable bonds is 0. The van der Waals surface area contributed by atoms with Crippen molar-refractivity contribution in [2.24, 2.45) is 23.7 Å². The van der Waals surface area contributed by atoms with E-state index < -0.39 is 0 Å². The molecule has 1 heteroatoms. The summed E-state index contributed by atoms with van der Waals surface area (Å²) >= 11 is 0. The van der Waals surface area contributed by atoms with Crippen molar-refractivity contribution in [2.75, 3.05) is 0 Å². The molecule has 3 rings (SSSR count). The molecule has 0 saturated heterocycles. The Balaban J connectivity index is 1.73. The third kappa shape index (κ3) is 3.16. The van der Waals surface area contributed by atoms with Crippen molar-refractivity contribution in [1.29, 1.82) is 0 Å². The Morgan fingerprint density at radius 3 is 1.44 bits per heavy atom. The molecule has 102 valence electrons. The van der Waals surface area contributed by atoms with Crippen LogP contribution in [0.4, 0.5) is 0 Å². The number of Topliss-reactive ketones (excluding diaryl/α,β-unsaturated/α-hetero) is 1. The van der Waals surface area contributed by atoms with Crippen LogP contribution in [-0.2, 0) is 4.79 Å². The van der Waals surface area contributed by atoms with E-state index in [2.05, 4.69) is 0 Å². The standard InChI is InChI=1S/C17H28O/c18-17-7-5-15-10-13-3-1-2-4-14(9-13)11-16(12-15)6-8-17/h13-16H,1-12H2/t13-,14-,15+,16+/m1/s1. The van der Waals surface area contributed by atoms with Gasteiger partial charge in [-0.3, -0.25) is 4.79 Å². The fourth-order valence-corrected chi connectivity index (χ4v) is 4.93. The zero-order valence-corrected chi connectivity index (χ0v) is 11.7. The van der Waals surface area contributed by atoms with Crippen LogP contribution in [0, 0.1) is 23.7 Å². The highest BCUT2D eigenvalue weighted by molar-refractivity contribution is 5.78. The van der Waals surface area contributed by atoms with E-state index in [4.69, 9.17) is 0 Å². The van der Waals surface area contributed by atoms with E-state index in [1.165, 1.54) is 64.2 Å². The Labute approximate surface area is 112 Å². The maximum atomic E-state index is 11.8. The second kappa shape index (κ2) is 5.75. The van der Waals surface area contributed by atoms with Crippen molar-refractivity contribution in [3.8, 4) is 0 Å². The van der Waals surface area contributed by atoms with Crippen LogP contribution in [0.1, 0.15) is 77.0 Å². The highest BCUT2D eigenvalue weighted by atomic mass is 16.1. The van der Waals surface area contributed by atoms with E-state index in [-0.39, 0.29) is 0 Å². The summed E-state index contributed by atoms with van der Waals surface area (Å²) in [6.45, 7) is 0. The molecule has 0 amide bonds. The minimum absolute atomic E-state index is 0.549. The average Bonchev–Trinajstić information content (AvgIpc) is 2.55. The molecule has 18 heavy (non-hydrogen) atoms. The van der Waals surface area contributed by atoms with Crippen LogP contribution < -0.4 is 0 Å². The lowest BCUT2D eigenvalue weighted by atomic mass is 9.71. The molecule has 4 atom stereocenters. The lowest BCUT2D eigenvalue weighted by molar-refractivity contribution is -0.120. The Morgan fingerprint density at radius 1 is 0.611 bits per heavy atom. The van der Waals surface area contributed by atoms with E-state index in [1.807, 2.05) is 0 Å². The van der Waals surface area contributed by atoms with Crippen LogP contribution in [0.15, 0.2) is 0 Å². The first kappa shape index (κ1) is 12.7. The van der Waals surface area contributed by atoms with Gasteiger partial charge in [-0.25, -0.2) is 0 Å². The fraction of sp³-hybridized carbons (Fsp3) is 0.941. The van der Waals surface area contributed by atoms with E-state index >= 15 is 0 Å². The molecule has 0 unspecified atom stereocenters. The molecule has 0 N–H and O–H groups in total. The molecule has 3 aliphatic rings. The van der Waals surface area contributed by atoms with Crippen molar-refractivity contribution in [2.45, 2.75) is 77.0 Å². The van der Waals surface area contributed by atoms with Gasteiger partial charge in [-0.1, -0.05) is 25.7 Å². The predicted octanol–water partition coefficient (Wildman–Crippen LogP) is 4.74. The van der Waals surface area contributed by atoms with Crippen LogP contribution in [0.5, 0.6) is 0 Å². The number of hydrogen-bond donors (Lipinski definition) is 0. The molecule has 0 aromatic heterocycles. The molecule has 4 bridgehead atoms. The SMILES string of the molecule is O=C1CC[C@H]2C[C@@H]3CCCC[C@H](C3)C[C@H](CC1)C2. The number of carbonyl (C=O) groups excluding carboxylic acids is 1. The van der Waals surface area contributed by atoms with Crippen molar-refractivity contribution in [3.05, 3.63) is 0 Å². The van der Waals surface area contributed by atoms with Gasteiger partial charge in [-0.05, 0) is 62.2 Å². The Bertz CT molecular complexity index is 270. The molecule has 0 aromatic carbocycles. The minimum atomic E-state index is 0.549. The first-order valence-corrected chi connectivity index (χ1v) is 8.31. The first-order valence-electron chi connectivity index (χ1n) is 8.31. The number of carbonyl (C=O) groups is 1. The molecule has 3 fully saturated rings. The van der Waals surface area contributed by atoms with Gasteiger partial charge in [0, 0.05) is 12.8 Å². The zero-order valence-electron chi connectivity index (χ0n) is 11.7. The summed E-state index contributed by atoms with van der Waals surface area (Å²) in [6, 6.07) is 0. The van der Waals surface area contributed by atoms with Gasteiger partial charge in [0.25, 0.3) is 0 Å². The summed E-state index contributed by atoms with van der Waals surface area (Å²) < 4.78 is 0. The molecule has 0 radical (unpaired) electrons. The average molecular weight is 248 g/mol. The van der Waals surface area contributed by atoms with Gasteiger partial charge in [0.2, 0.25) is 0 Å². The Morgan fingerprint density at radius 2 is 1.00 bits per heavy atom. The third-order valence-corrected chi connectivity index (χ3v) is 5.80. The van der Waals surface area contributed by atoms with Crippen molar-refractivity contribution >= 4 is 5.78 Å². The first-order chi connectivity index (χ1) is 8.79. The molecular weight excluding hydrogens is 220 g/mol. The van der Waals surface area contributed by atoms with E-state index in [0.29, 0.717) is 5.78 Å². The monoisotopic (exact) mass is 248 g/mol. The topological polar surface area (TPSA) is 17.1 Å².